The number of likely N-dealkylation sites (tertiary alicyclic amines) is 1. The standard InChI is InChI=1S/C21H25BrN6O5/c1-10(8-29)28-17(19(31)24-9-27-13-6-4-3-5-12(13)25-26-27)21-7-11(22)16(33-21)14(18(30)23-2)15(21)20(28)32/h3-6,10-11,14-17,29H,7-9H2,1-2H3,(H,23,30)(H,24,31)/t10-,11?,14+,15+,16+,17?,21?/m1/s1. The van der Waals surface area contributed by atoms with Gasteiger partial charge < -0.3 is 25.4 Å². The molecule has 3 fully saturated rings. The summed E-state index contributed by atoms with van der Waals surface area (Å²) in [6.45, 7) is 1.40. The minimum absolute atomic E-state index is 0.0478. The van der Waals surface area contributed by atoms with Crippen molar-refractivity contribution < 1.29 is 24.2 Å². The zero-order valence-corrected chi connectivity index (χ0v) is 19.7. The monoisotopic (exact) mass is 520 g/mol. The molecule has 7 atom stereocenters. The van der Waals surface area contributed by atoms with Crippen LogP contribution in [0, 0.1) is 11.8 Å². The number of hydrogen-bond donors (Lipinski definition) is 3. The normalized spacial score (nSPS) is 33.4. The number of rotatable bonds is 6. The van der Waals surface area contributed by atoms with E-state index in [1.165, 1.54) is 11.9 Å². The van der Waals surface area contributed by atoms with Gasteiger partial charge in [0, 0.05) is 11.9 Å². The number of fused-ring (bicyclic) bond motifs is 2. The van der Waals surface area contributed by atoms with E-state index in [0.717, 1.165) is 5.52 Å². The molecule has 3 aliphatic rings. The van der Waals surface area contributed by atoms with E-state index in [9.17, 15) is 19.5 Å². The number of aliphatic hydroxyl groups excluding tert-OH is 1. The summed E-state index contributed by atoms with van der Waals surface area (Å²) in [6, 6.07) is 5.76. The van der Waals surface area contributed by atoms with Gasteiger partial charge in [-0.2, -0.15) is 0 Å². The van der Waals surface area contributed by atoms with E-state index >= 15 is 0 Å². The highest BCUT2D eigenvalue weighted by Gasteiger charge is 2.76. The molecule has 3 amide bonds. The maximum absolute atomic E-state index is 13.6. The lowest BCUT2D eigenvalue weighted by Gasteiger charge is -2.35. The summed E-state index contributed by atoms with van der Waals surface area (Å²) in [5, 5.41) is 23.5. The average molecular weight is 521 g/mol. The number of hydrogen-bond acceptors (Lipinski definition) is 7. The molecule has 2 aromatic rings. The van der Waals surface area contributed by atoms with E-state index in [1.807, 2.05) is 24.3 Å². The predicted octanol–water partition coefficient (Wildman–Crippen LogP) is -0.620. The summed E-state index contributed by atoms with van der Waals surface area (Å²) >= 11 is 3.59. The molecule has 176 valence electrons. The van der Waals surface area contributed by atoms with Crippen molar-refractivity contribution in [1.29, 1.82) is 0 Å². The third-order valence-corrected chi connectivity index (χ3v) is 7.93. The Kier molecular flexibility index (Phi) is 5.41. The Bertz CT molecular complexity index is 1130. The van der Waals surface area contributed by atoms with Crippen LogP contribution in [0.25, 0.3) is 11.0 Å². The molecule has 0 radical (unpaired) electrons. The van der Waals surface area contributed by atoms with Gasteiger partial charge in [-0.1, -0.05) is 33.3 Å². The van der Waals surface area contributed by atoms with E-state index in [1.54, 1.807) is 11.6 Å². The number of nitrogens with one attached hydrogen (secondary N) is 2. The van der Waals surface area contributed by atoms with Crippen LogP contribution in [-0.2, 0) is 25.8 Å². The second-order valence-corrected chi connectivity index (χ2v) is 10.0. The third-order valence-electron chi connectivity index (χ3n) is 7.09. The van der Waals surface area contributed by atoms with Crippen molar-refractivity contribution in [2.24, 2.45) is 11.8 Å². The van der Waals surface area contributed by atoms with E-state index in [2.05, 4.69) is 36.9 Å². The van der Waals surface area contributed by atoms with Crippen LogP contribution >= 0.6 is 15.9 Å². The second kappa shape index (κ2) is 8.03. The predicted molar refractivity (Wildman–Crippen MR) is 119 cm³/mol. The molecule has 1 aromatic carbocycles. The summed E-state index contributed by atoms with van der Waals surface area (Å²) in [6.07, 6.45) is -0.111. The van der Waals surface area contributed by atoms with Crippen molar-refractivity contribution in [3.05, 3.63) is 24.3 Å². The van der Waals surface area contributed by atoms with Gasteiger partial charge >= 0.3 is 0 Å². The number of aliphatic hydroxyl groups is 1. The highest BCUT2D eigenvalue weighted by atomic mass is 79.9. The first kappa shape index (κ1) is 22.2. The van der Waals surface area contributed by atoms with Crippen molar-refractivity contribution in [1.82, 2.24) is 30.5 Å². The van der Waals surface area contributed by atoms with Crippen LogP contribution in [0.1, 0.15) is 13.3 Å². The van der Waals surface area contributed by atoms with Gasteiger partial charge in [0.05, 0.1) is 36.1 Å². The summed E-state index contributed by atoms with van der Waals surface area (Å²) in [5.41, 5.74) is 0.297. The zero-order valence-electron chi connectivity index (χ0n) is 18.1. The van der Waals surface area contributed by atoms with Gasteiger partial charge in [0.1, 0.15) is 23.8 Å². The molecular weight excluding hydrogens is 496 g/mol. The number of nitrogens with zero attached hydrogens (tertiary/aromatic N) is 4. The van der Waals surface area contributed by atoms with Crippen LogP contribution in [0.3, 0.4) is 0 Å². The minimum Gasteiger partial charge on any atom is -0.394 e. The van der Waals surface area contributed by atoms with Crippen molar-refractivity contribution in [3.63, 3.8) is 0 Å². The molecule has 1 aromatic heterocycles. The van der Waals surface area contributed by atoms with Crippen LogP contribution in [-0.4, -0.2) is 85.0 Å². The van der Waals surface area contributed by atoms with Gasteiger partial charge in [-0.15, -0.1) is 5.10 Å². The zero-order chi connectivity index (χ0) is 23.5. The molecule has 4 heterocycles. The largest absolute Gasteiger partial charge is 0.394 e. The quantitative estimate of drug-likeness (QED) is 0.431. The molecule has 12 heteroatoms. The summed E-state index contributed by atoms with van der Waals surface area (Å²) in [4.78, 5) is 41.1. The minimum atomic E-state index is -1.16. The first-order chi connectivity index (χ1) is 15.8. The molecule has 3 aliphatic heterocycles. The van der Waals surface area contributed by atoms with Crippen LogP contribution in [0.5, 0.6) is 0 Å². The smallest absolute Gasteiger partial charge is 0.247 e. The van der Waals surface area contributed by atoms with E-state index in [-0.39, 0.29) is 29.9 Å². The SMILES string of the molecule is CNC(=O)[C@H]1[C@H]2C(=O)N([C@H](C)CO)C(C(=O)NCn3nnc4ccccc43)C23CC(Br)[C@@H]1O3. The number of para-hydroxylation sites is 1. The lowest BCUT2D eigenvalue weighted by atomic mass is 9.70. The van der Waals surface area contributed by atoms with Crippen molar-refractivity contribution in [2.75, 3.05) is 13.7 Å². The van der Waals surface area contributed by atoms with Crippen molar-refractivity contribution in [3.8, 4) is 0 Å². The molecule has 2 bridgehead atoms. The van der Waals surface area contributed by atoms with Crippen LogP contribution in [0.15, 0.2) is 24.3 Å². The molecule has 3 N–H and O–H groups in total. The molecule has 33 heavy (non-hydrogen) atoms. The maximum Gasteiger partial charge on any atom is 0.247 e. The van der Waals surface area contributed by atoms with Gasteiger partial charge in [-0.25, -0.2) is 4.68 Å². The van der Waals surface area contributed by atoms with Crippen molar-refractivity contribution >= 4 is 44.7 Å². The maximum atomic E-state index is 13.6. The Hall–Kier alpha value is -2.57. The number of amides is 3. The Balaban J connectivity index is 1.48. The Morgan fingerprint density at radius 3 is 2.85 bits per heavy atom. The van der Waals surface area contributed by atoms with Gasteiger partial charge in [0.25, 0.3) is 0 Å². The van der Waals surface area contributed by atoms with E-state index < -0.39 is 41.5 Å². The van der Waals surface area contributed by atoms with Gasteiger partial charge in [0.15, 0.2) is 0 Å². The number of aromatic nitrogens is 3. The highest BCUT2D eigenvalue weighted by molar-refractivity contribution is 9.09. The fourth-order valence-electron chi connectivity index (χ4n) is 5.68. The first-order valence-electron chi connectivity index (χ1n) is 10.9. The van der Waals surface area contributed by atoms with Crippen LogP contribution < -0.4 is 10.6 Å². The molecule has 1 spiro atoms. The number of ether oxygens (including phenoxy) is 1. The fraction of sp³-hybridized carbons (Fsp3) is 0.571. The van der Waals surface area contributed by atoms with Gasteiger partial charge in [0.2, 0.25) is 17.7 Å². The van der Waals surface area contributed by atoms with Gasteiger partial charge in [-0.3, -0.25) is 14.4 Å². The molecular formula is C21H25BrN6O5. The van der Waals surface area contributed by atoms with Crippen LogP contribution in [0.2, 0.25) is 0 Å². The average Bonchev–Trinajstić information content (AvgIpc) is 3.53. The molecule has 3 unspecified atom stereocenters. The van der Waals surface area contributed by atoms with Gasteiger partial charge in [-0.05, 0) is 25.5 Å². The number of carbonyl (C=O) groups excluding carboxylic acids is 3. The van der Waals surface area contributed by atoms with E-state index in [4.69, 9.17) is 4.74 Å². The molecule has 5 rings (SSSR count). The summed E-state index contributed by atoms with van der Waals surface area (Å²) in [7, 11) is 1.52. The Labute approximate surface area is 197 Å². The van der Waals surface area contributed by atoms with E-state index in [0.29, 0.717) is 11.9 Å². The van der Waals surface area contributed by atoms with Crippen LogP contribution in [0.4, 0.5) is 0 Å². The summed E-state index contributed by atoms with van der Waals surface area (Å²) in [5.74, 6) is -2.59. The molecule has 0 aliphatic carbocycles. The fourth-order valence-corrected chi connectivity index (χ4v) is 6.62. The molecule has 3 saturated heterocycles. The van der Waals surface area contributed by atoms with Crippen molar-refractivity contribution in [2.45, 2.75) is 48.6 Å². The molecule has 0 saturated carbocycles. The topological polar surface area (TPSA) is 139 Å². The summed E-state index contributed by atoms with van der Waals surface area (Å²) < 4.78 is 7.88. The number of carbonyl (C=O) groups is 3. The highest BCUT2D eigenvalue weighted by Crippen LogP contribution is 2.60. The lowest BCUT2D eigenvalue weighted by Crippen LogP contribution is -2.58. The number of halogens is 1. The Morgan fingerprint density at radius 2 is 2.12 bits per heavy atom. The number of alkyl halides is 1. The molecule has 11 nitrogen and oxygen atoms in total. The third kappa shape index (κ3) is 3.11. The Morgan fingerprint density at radius 1 is 1.36 bits per heavy atom. The lowest BCUT2D eigenvalue weighted by molar-refractivity contribution is -0.145. The second-order valence-electron chi connectivity index (χ2n) is 8.83. The first-order valence-corrected chi connectivity index (χ1v) is 11.8. The number of benzene rings is 1.